The lowest BCUT2D eigenvalue weighted by Crippen LogP contribution is -2.41. The maximum absolute atomic E-state index is 16.1. The average Bonchev–Trinajstić information content (AvgIpc) is 1.47. The van der Waals surface area contributed by atoms with E-state index in [-0.39, 0.29) is 73.8 Å². The van der Waals surface area contributed by atoms with Crippen molar-refractivity contribution in [3.05, 3.63) is 337 Å². The molecular weight excluding hydrogens is 1840 g/mol. The molecule has 24 rings (SSSR count). The monoisotopic (exact) mass is 1940 g/mol. The van der Waals surface area contributed by atoms with E-state index in [9.17, 15) is 33.2 Å². The van der Waals surface area contributed by atoms with Crippen LogP contribution < -0.4 is 4.72 Å². The third-order valence-electron chi connectivity index (χ3n) is 27.3. The molecule has 0 amide bonds. The molecule has 722 valence electrons. The van der Waals surface area contributed by atoms with Gasteiger partial charge in [0.2, 0.25) is 16.0 Å². The van der Waals surface area contributed by atoms with Gasteiger partial charge in [-0.3, -0.25) is 34.6 Å². The molecule has 19 aromatic rings. The Morgan fingerprint density at radius 3 is 1.16 bits per heavy atom. The number of aromatic nitrogens is 20. The summed E-state index contributed by atoms with van der Waals surface area (Å²) < 4.78 is 118. The summed E-state index contributed by atoms with van der Waals surface area (Å²) in [6.45, 7) is 16.5. The van der Waals surface area contributed by atoms with Crippen molar-refractivity contribution in [3.8, 4) is 44.5 Å². The minimum absolute atomic E-state index is 0.0819. The van der Waals surface area contributed by atoms with Crippen LogP contribution in [0.2, 0.25) is 0 Å². The fourth-order valence-electron chi connectivity index (χ4n) is 19.7. The summed E-state index contributed by atoms with van der Waals surface area (Å²) in [5.74, 6) is 3.00. The van der Waals surface area contributed by atoms with Crippen molar-refractivity contribution in [1.82, 2.24) is 101 Å². The maximum atomic E-state index is 16.1. The number of hydrogen-bond acceptors (Lipinski definition) is 27. The average molecular weight is 1940 g/mol. The number of aromatic amines is 4. The van der Waals surface area contributed by atoms with Crippen LogP contribution in [0.5, 0.6) is 0 Å². The number of imidazole rings is 4. The zero-order chi connectivity index (χ0) is 98.6. The standard InChI is InChI=1S/C28H28N6O4S.C27H23F2N5O2.C26H22FN5O2.C24H24FN5O3/c1-17-25(18(2)38-33-17)19-15-21(28(35,23-11-5-7-13-29-23)24-12-6-8-14-30-24)26-22(16-19)31-27(32-26)34-39(36,37)20-9-3-4-10-20;1-13-4-8-20(30-11-13)27(35,21-9-7-17(28)12-31-21)19-10-18(22-14(2)34-36-15(22)3)23(29)25-24(19)32-26(33-25)16-5-6-16;1-14-21(15(2)34-32-14)17-13-18(23-24(22(17)27)31-25(30-23)16-9-10-16)26(33,19-7-3-5-11-28-19)20-8-4-6-12-29-20;1-12-19(13(2)33-30-12)15-11-16(21-22(20(15)25)28-23(27-21)14-7-8-14)24(31,18-6-4-10-32-18)17-5-3-9-26-29-17/h5-8,11-16,20,35H,3-4,9-10H2,1-2H3,(H2,31,32,34);4,7-12,16,35H,5-6H2,1-3H3,(H,32,33);3-8,11-13,16,33H,9-10H2,1-2H3,(H,30,31);3,5,9,11,14,18,31H,4,6-8,10H2,1-2H3,(H,27,28). The second kappa shape index (κ2) is 36.8. The number of nitrogens with zero attached hydrogens (tertiary/aromatic N) is 16. The lowest BCUT2D eigenvalue weighted by molar-refractivity contribution is -0.0641. The van der Waals surface area contributed by atoms with Gasteiger partial charge in [-0.2, -0.15) is 10.2 Å². The molecule has 5 fully saturated rings. The summed E-state index contributed by atoms with van der Waals surface area (Å²) in [5.41, 5.74) is 6.02. The normalized spacial score (nSPS) is 16.1. The number of benzene rings is 4. The zero-order valence-corrected chi connectivity index (χ0v) is 79.4. The van der Waals surface area contributed by atoms with Crippen LogP contribution in [0.1, 0.15) is 226 Å². The molecule has 16 heterocycles. The van der Waals surface area contributed by atoms with E-state index in [0.717, 1.165) is 86.8 Å². The van der Waals surface area contributed by atoms with Gasteiger partial charge in [-0.1, -0.05) is 63.8 Å². The molecule has 4 saturated carbocycles. The van der Waals surface area contributed by atoms with Crippen molar-refractivity contribution >= 4 is 60.1 Å². The number of ether oxygens (including phenoxy) is 1. The number of hydrogen-bond donors (Lipinski definition) is 9. The largest absolute Gasteiger partial charge is 0.376 e. The molecular formula is C105H97F4N21O11S. The second-order valence-electron chi connectivity index (χ2n) is 37.0. The number of aryl methyl sites for hydroxylation is 9. The fourth-order valence-corrected chi connectivity index (χ4v) is 21.2. The van der Waals surface area contributed by atoms with E-state index in [4.69, 9.17) is 37.8 Å². The van der Waals surface area contributed by atoms with Crippen LogP contribution in [0.3, 0.4) is 0 Å². The third kappa shape index (κ3) is 16.7. The molecule has 4 aromatic carbocycles. The molecule has 15 aromatic heterocycles. The Hall–Kier alpha value is -15.2. The van der Waals surface area contributed by atoms with Gasteiger partial charge in [0.25, 0.3) is 0 Å². The molecule has 0 radical (unpaired) electrons. The number of H-pyrrole nitrogens is 4. The lowest BCUT2D eigenvalue weighted by atomic mass is 9.81. The van der Waals surface area contributed by atoms with Gasteiger partial charge in [-0.15, -0.1) is 0 Å². The first-order chi connectivity index (χ1) is 68.5. The molecule has 32 nitrogen and oxygen atoms in total. The minimum Gasteiger partial charge on any atom is -0.376 e. The van der Waals surface area contributed by atoms with Gasteiger partial charge < -0.3 is 63.2 Å². The van der Waals surface area contributed by atoms with Crippen LogP contribution >= 0.6 is 0 Å². The van der Waals surface area contributed by atoms with Crippen LogP contribution in [-0.2, 0) is 37.2 Å². The highest BCUT2D eigenvalue weighted by Gasteiger charge is 2.50. The van der Waals surface area contributed by atoms with Crippen LogP contribution in [0.25, 0.3) is 88.6 Å². The van der Waals surface area contributed by atoms with Crippen molar-refractivity contribution in [1.29, 1.82) is 0 Å². The maximum Gasteiger partial charge on any atom is 0.237 e. The van der Waals surface area contributed by atoms with Crippen molar-refractivity contribution < 1.29 is 69.2 Å². The van der Waals surface area contributed by atoms with Gasteiger partial charge in [0, 0.05) is 106 Å². The minimum atomic E-state index is -3.64. The van der Waals surface area contributed by atoms with E-state index in [1.165, 1.54) is 12.1 Å². The molecule has 142 heavy (non-hydrogen) atoms. The molecule has 1 aliphatic heterocycles. The van der Waals surface area contributed by atoms with Crippen molar-refractivity contribution in [2.45, 2.75) is 191 Å². The van der Waals surface area contributed by atoms with Crippen LogP contribution in [0, 0.1) is 85.6 Å². The Morgan fingerprint density at radius 1 is 0.394 bits per heavy atom. The summed E-state index contributed by atoms with van der Waals surface area (Å²) in [6, 6.07) is 39.2. The molecule has 0 spiro atoms. The van der Waals surface area contributed by atoms with Gasteiger partial charge >= 0.3 is 0 Å². The predicted molar refractivity (Wildman–Crippen MR) is 515 cm³/mol. The first-order valence-electron chi connectivity index (χ1n) is 47.0. The number of pyridine rings is 6. The summed E-state index contributed by atoms with van der Waals surface area (Å²) in [4.78, 5) is 58.2. The molecule has 9 N–H and O–H groups in total. The molecule has 5 aliphatic rings. The predicted octanol–water partition coefficient (Wildman–Crippen LogP) is 18.9. The molecule has 1 saturated heterocycles. The van der Waals surface area contributed by atoms with E-state index in [1.54, 1.807) is 188 Å². The Bertz CT molecular complexity index is 7880. The van der Waals surface area contributed by atoms with E-state index in [2.05, 4.69) is 90.4 Å². The zero-order valence-electron chi connectivity index (χ0n) is 78.6. The third-order valence-corrected chi connectivity index (χ3v) is 29.1. The van der Waals surface area contributed by atoms with Crippen molar-refractivity contribution in [2.75, 3.05) is 11.3 Å². The van der Waals surface area contributed by atoms with Crippen LogP contribution in [0.15, 0.2) is 201 Å². The van der Waals surface area contributed by atoms with Crippen molar-refractivity contribution in [2.24, 2.45) is 0 Å². The SMILES string of the molecule is Cc1ccc(C(O)(c2ccc(F)cn2)c2cc(-c3c(C)noc3C)c(F)c3[nH]c(C4CC4)nc23)nc1.Cc1noc(C)c1-c1cc(C(O)(c2ccccn2)c2ccccn2)c2nc(C3CC3)[nH]c2c1F.Cc1noc(C)c1-c1cc(C(O)(c2ccccn2)c2ccccn2)c2nc(NS(=O)(=O)C3CCCC3)[nH]c2c1.Cc1noc(C)c1-c1cc(C(O)(c2cccnn2)C2CCCO2)c2nc(C3CC3)[nH]c2c1F. The second-order valence-corrected chi connectivity index (χ2v) is 39.0. The summed E-state index contributed by atoms with van der Waals surface area (Å²) >= 11 is 0. The van der Waals surface area contributed by atoms with Gasteiger partial charge in [-0.25, -0.2) is 45.9 Å². The van der Waals surface area contributed by atoms with E-state index >= 15 is 13.2 Å². The van der Waals surface area contributed by atoms with Gasteiger partial charge in [0.1, 0.15) is 68.6 Å². The molecule has 37 heteroatoms. The number of nitrogens with one attached hydrogen (secondary N) is 5. The summed E-state index contributed by atoms with van der Waals surface area (Å²) in [7, 11) is -3.64. The molecule has 0 bridgehead atoms. The first kappa shape index (κ1) is 93.2. The Morgan fingerprint density at radius 2 is 0.796 bits per heavy atom. The highest BCUT2D eigenvalue weighted by atomic mass is 32.2. The summed E-state index contributed by atoms with van der Waals surface area (Å²) in [6.07, 6.45) is 20.4. The smallest absolute Gasteiger partial charge is 0.237 e. The number of aliphatic hydroxyl groups is 4. The fraction of sp³-hybridized carbons (Fsp3) is 0.295. The Kier molecular flexibility index (Phi) is 24.2. The highest BCUT2D eigenvalue weighted by Crippen LogP contribution is 2.52. The summed E-state index contributed by atoms with van der Waals surface area (Å²) in [5, 5.41) is 73.6. The van der Waals surface area contributed by atoms with Gasteiger partial charge in [0.15, 0.2) is 39.9 Å². The topological polar surface area (TPSA) is 458 Å². The molecule has 4 aliphatic carbocycles. The van der Waals surface area contributed by atoms with E-state index < -0.39 is 67.1 Å². The number of halogens is 4. The Labute approximate surface area is 809 Å². The van der Waals surface area contributed by atoms with Gasteiger partial charge in [0.05, 0.1) is 119 Å². The number of rotatable bonds is 22. The number of anilines is 1. The Balaban J connectivity index is 0.000000112. The molecule has 3 atom stereocenters. The van der Waals surface area contributed by atoms with E-state index in [0.29, 0.717) is 173 Å². The van der Waals surface area contributed by atoms with Crippen LogP contribution in [0.4, 0.5) is 23.5 Å². The lowest BCUT2D eigenvalue weighted by Gasteiger charge is -2.33. The van der Waals surface area contributed by atoms with Gasteiger partial charge in [-0.05, 0) is 247 Å². The number of sulfonamides is 1. The number of fused-ring (bicyclic) bond motifs is 4. The highest BCUT2D eigenvalue weighted by molar-refractivity contribution is 7.93. The van der Waals surface area contributed by atoms with Crippen LogP contribution in [-0.4, -0.2) is 147 Å². The quantitative estimate of drug-likeness (QED) is 0.0285. The van der Waals surface area contributed by atoms with Crippen molar-refractivity contribution in [3.63, 3.8) is 0 Å². The van der Waals surface area contributed by atoms with E-state index in [1.807, 2.05) is 39.0 Å². The molecule has 3 unspecified atom stereocenters. The first-order valence-corrected chi connectivity index (χ1v) is 48.5.